The minimum absolute atomic E-state index is 0.233. The average molecular weight is 252 g/mol. The summed E-state index contributed by atoms with van der Waals surface area (Å²) in [7, 11) is -1.67. The van der Waals surface area contributed by atoms with Crippen LogP contribution in [0.4, 0.5) is 0 Å². The van der Waals surface area contributed by atoms with Crippen LogP contribution >= 0.6 is 0 Å². The van der Waals surface area contributed by atoms with Crippen molar-refractivity contribution < 1.29 is 8.85 Å². The standard InChI is InChI=1S/C14H24O2Si/c1-11(2)15-17(16-12(3)4)13(5)14-9-7-6-8-10-14/h6-13,17H,1-5H3. The van der Waals surface area contributed by atoms with E-state index < -0.39 is 9.28 Å². The Kier molecular flexibility index (Phi) is 5.89. The molecule has 3 heteroatoms. The van der Waals surface area contributed by atoms with Crippen LogP contribution < -0.4 is 0 Å². The SMILES string of the molecule is CC(C)O[SiH](OC(C)C)C(C)c1ccccc1. The van der Waals surface area contributed by atoms with E-state index in [2.05, 4.69) is 58.9 Å². The zero-order chi connectivity index (χ0) is 12.8. The van der Waals surface area contributed by atoms with Gasteiger partial charge in [0, 0.05) is 17.7 Å². The van der Waals surface area contributed by atoms with Crippen LogP contribution in [0.3, 0.4) is 0 Å². The smallest absolute Gasteiger partial charge is 0.329 e. The second-order valence-electron chi connectivity index (χ2n) is 4.94. The molecular formula is C14H24O2Si. The van der Waals surface area contributed by atoms with Gasteiger partial charge < -0.3 is 8.85 Å². The van der Waals surface area contributed by atoms with E-state index in [4.69, 9.17) is 8.85 Å². The zero-order valence-electron chi connectivity index (χ0n) is 11.5. The van der Waals surface area contributed by atoms with Crippen molar-refractivity contribution in [3.63, 3.8) is 0 Å². The summed E-state index contributed by atoms with van der Waals surface area (Å²) in [6, 6.07) is 10.5. The second-order valence-corrected chi connectivity index (χ2v) is 7.22. The Labute approximate surface area is 107 Å². The lowest BCUT2D eigenvalue weighted by Crippen LogP contribution is -2.34. The molecule has 0 N–H and O–H groups in total. The molecule has 0 heterocycles. The molecule has 0 aliphatic heterocycles. The second kappa shape index (κ2) is 6.94. The maximum atomic E-state index is 5.99. The van der Waals surface area contributed by atoms with Gasteiger partial charge in [-0.2, -0.15) is 0 Å². The largest absolute Gasteiger partial charge is 0.394 e. The van der Waals surface area contributed by atoms with E-state index in [0.717, 1.165) is 0 Å². The Morgan fingerprint density at radius 3 is 1.71 bits per heavy atom. The highest BCUT2D eigenvalue weighted by Gasteiger charge is 2.25. The molecule has 0 fully saturated rings. The molecule has 0 saturated carbocycles. The van der Waals surface area contributed by atoms with Gasteiger partial charge in [0.25, 0.3) is 0 Å². The molecule has 1 atom stereocenters. The van der Waals surface area contributed by atoms with Crippen molar-refractivity contribution in [2.45, 2.75) is 52.4 Å². The third-order valence-corrected chi connectivity index (χ3v) is 5.37. The normalized spacial score (nSPS) is 13.6. The van der Waals surface area contributed by atoms with Crippen molar-refractivity contribution in [2.75, 3.05) is 0 Å². The van der Waals surface area contributed by atoms with E-state index in [1.165, 1.54) is 5.56 Å². The van der Waals surface area contributed by atoms with Crippen LogP contribution in [-0.4, -0.2) is 21.5 Å². The molecule has 96 valence electrons. The number of benzene rings is 1. The molecule has 0 bridgehead atoms. The van der Waals surface area contributed by atoms with Gasteiger partial charge >= 0.3 is 9.28 Å². The first-order chi connectivity index (χ1) is 8.00. The van der Waals surface area contributed by atoms with E-state index in [-0.39, 0.29) is 12.2 Å². The van der Waals surface area contributed by atoms with Gasteiger partial charge in [0.05, 0.1) is 0 Å². The summed E-state index contributed by atoms with van der Waals surface area (Å²) in [4.78, 5) is 0. The van der Waals surface area contributed by atoms with E-state index in [1.54, 1.807) is 0 Å². The lowest BCUT2D eigenvalue weighted by atomic mass is 10.2. The van der Waals surface area contributed by atoms with E-state index in [0.29, 0.717) is 5.54 Å². The molecule has 0 saturated heterocycles. The van der Waals surface area contributed by atoms with Crippen molar-refractivity contribution in [2.24, 2.45) is 0 Å². The summed E-state index contributed by atoms with van der Waals surface area (Å²) in [5, 5.41) is 0. The van der Waals surface area contributed by atoms with Crippen molar-refractivity contribution in [3.05, 3.63) is 35.9 Å². The molecule has 1 unspecified atom stereocenters. The molecule has 1 rings (SSSR count). The first-order valence-electron chi connectivity index (χ1n) is 6.36. The van der Waals surface area contributed by atoms with Crippen LogP contribution in [0, 0.1) is 0 Å². The fraction of sp³-hybridized carbons (Fsp3) is 0.571. The van der Waals surface area contributed by atoms with Gasteiger partial charge in [0.1, 0.15) is 0 Å². The third-order valence-electron chi connectivity index (χ3n) is 2.55. The first-order valence-corrected chi connectivity index (χ1v) is 7.97. The summed E-state index contributed by atoms with van der Waals surface area (Å²) in [6.45, 7) is 10.5. The van der Waals surface area contributed by atoms with Gasteiger partial charge in [0.2, 0.25) is 0 Å². The van der Waals surface area contributed by atoms with Crippen molar-refractivity contribution >= 4 is 9.28 Å². The van der Waals surface area contributed by atoms with Crippen LogP contribution in [0.5, 0.6) is 0 Å². The van der Waals surface area contributed by atoms with Crippen molar-refractivity contribution in [1.82, 2.24) is 0 Å². The van der Waals surface area contributed by atoms with Gasteiger partial charge in [-0.1, -0.05) is 37.3 Å². The summed E-state index contributed by atoms with van der Waals surface area (Å²) in [6.07, 6.45) is 0.466. The quantitative estimate of drug-likeness (QED) is 0.722. The summed E-state index contributed by atoms with van der Waals surface area (Å²) in [5.74, 6) is 0. The average Bonchev–Trinajstić information content (AvgIpc) is 2.27. The highest BCUT2D eigenvalue weighted by atomic mass is 28.3. The summed E-state index contributed by atoms with van der Waals surface area (Å²) >= 11 is 0. The highest BCUT2D eigenvalue weighted by Crippen LogP contribution is 2.21. The van der Waals surface area contributed by atoms with Crippen LogP contribution in [0.25, 0.3) is 0 Å². The lowest BCUT2D eigenvalue weighted by molar-refractivity contribution is 0.124. The van der Waals surface area contributed by atoms with Crippen LogP contribution in [0.2, 0.25) is 0 Å². The molecule has 2 nitrogen and oxygen atoms in total. The molecule has 1 aromatic rings. The first kappa shape index (κ1) is 14.4. The Morgan fingerprint density at radius 2 is 1.29 bits per heavy atom. The van der Waals surface area contributed by atoms with E-state index >= 15 is 0 Å². The molecule has 17 heavy (non-hydrogen) atoms. The Bertz CT molecular complexity index is 301. The molecule has 0 amide bonds. The summed E-state index contributed by atoms with van der Waals surface area (Å²) < 4.78 is 12.0. The molecule has 0 spiro atoms. The maximum absolute atomic E-state index is 5.99. The number of hydrogen-bond acceptors (Lipinski definition) is 2. The van der Waals surface area contributed by atoms with Crippen molar-refractivity contribution in [1.29, 1.82) is 0 Å². The Balaban J connectivity index is 2.75. The highest BCUT2D eigenvalue weighted by molar-refractivity contribution is 6.46. The fourth-order valence-corrected chi connectivity index (χ4v) is 3.86. The molecular weight excluding hydrogens is 228 g/mol. The van der Waals surface area contributed by atoms with Gasteiger partial charge in [-0.15, -0.1) is 0 Å². The van der Waals surface area contributed by atoms with E-state index in [9.17, 15) is 0 Å². The molecule has 0 aromatic heterocycles. The Morgan fingerprint density at radius 1 is 0.824 bits per heavy atom. The molecule has 0 radical (unpaired) electrons. The zero-order valence-corrected chi connectivity index (χ0v) is 12.7. The monoisotopic (exact) mass is 252 g/mol. The van der Waals surface area contributed by atoms with Gasteiger partial charge in [-0.25, -0.2) is 0 Å². The fourth-order valence-electron chi connectivity index (χ4n) is 1.72. The minimum Gasteiger partial charge on any atom is -0.394 e. The molecule has 0 aliphatic carbocycles. The number of hydrogen-bond donors (Lipinski definition) is 0. The van der Waals surface area contributed by atoms with Crippen molar-refractivity contribution in [3.8, 4) is 0 Å². The minimum atomic E-state index is -1.67. The van der Waals surface area contributed by atoms with Gasteiger partial charge in [0.15, 0.2) is 0 Å². The number of rotatable bonds is 6. The maximum Gasteiger partial charge on any atom is 0.329 e. The predicted octanol–water partition coefficient (Wildman–Crippen LogP) is 3.40. The van der Waals surface area contributed by atoms with Gasteiger partial charge in [-0.3, -0.25) is 0 Å². The predicted molar refractivity (Wildman–Crippen MR) is 74.4 cm³/mol. The third kappa shape index (κ3) is 5.02. The Hall–Kier alpha value is -0.643. The summed E-state index contributed by atoms with van der Waals surface area (Å²) in [5.41, 5.74) is 1.69. The van der Waals surface area contributed by atoms with E-state index in [1.807, 2.05) is 6.07 Å². The van der Waals surface area contributed by atoms with Crippen LogP contribution in [0.15, 0.2) is 30.3 Å². The lowest BCUT2D eigenvalue weighted by Gasteiger charge is -2.26. The topological polar surface area (TPSA) is 18.5 Å². The van der Waals surface area contributed by atoms with Gasteiger partial charge in [-0.05, 0) is 33.3 Å². The van der Waals surface area contributed by atoms with Crippen LogP contribution in [-0.2, 0) is 8.85 Å². The van der Waals surface area contributed by atoms with Crippen LogP contribution in [0.1, 0.15) is 45.7 Å². The molecule has 0 aliphatic rings. The molecule has 1 aromatic carbocycles.